The molecule has 1 fully saturated rings. The first-order valence-electron chi connectivity index (χ1n) is 12.4. The molecule has 0 radical (unpaired) electrons. The van der Waals surface area contributed by atoms with Crippen LogP contribution < -0.4 is 0 Å². The number of methoxy groups -OCH3 is 1. The van der Waals surface area contributed by atoms with Crippen molar-refractivity contribution in [3.05, 3.63) is 65.1 Å². The number of benzene rings is 2. The van der Waals surface area contributed by atoms with Gasteiger partial charge in [-0.1, -0.05) is 17.7 Å². The van der Waals surface area contributed by atoms with Crippen LogP contribution >= 0.6 is 0 Å². The van der Waals surface area contributed by atoms with Gasteiger partial charge in [0.2, 0.25) is 0 Å². The van der Waals surface area contributed by atoms with Crippen LogP contribution in [0.1, 0.15) is 62.2 Å². The molecule has 38 heavy (non-hydrogen) atoms. The van der Waals surface area contributed by atoms with E-state index in [4.69, 9.17) is 9.47 Å². The van der Waals surface area contributed by atoms with Gasteiger partial charge in [-0.2, -0.15) is 0 Å². The summed E-state index contributed by atoms with van der Waals surface area (Å²) in [6, 6.07) is 10.1. The number of carbonyl (C=O) groups excluding carboxylic acids is 2. The summed E-state index contributed by atoms with van der Waals surface area (Å²) in [6.07, 6.45) is 1.23. The monoisotopic (exact) mass is 544 g/mol. The summed E-state index contributed by atoms with van der Waals surface area (Å²) < 4.78 is 54.6. The quantitative estimate of drug-likeness (QED) is 0.413. The SMILES string of the molecule is COC(=O)c1cc(F)cc2c1cc(C1(C)CCCN1CC(=O)OC(C)(C)C)n2S(=O)(=O)c1ccc(C)cc1. The van der Waals surface area contributed by atoms with Crippen LogP contribution in [0.15, 0.2) is 47.4 Å². The number of fused-ring (bicyclic) bond motifs is 1. The first-order valence-corrected chi connectivity index (χ1v) is 13.8. The van der Waals surface area contributed by atoms with Crippen molar-refractivity contribution >= 4 is 32.9 Å². The number of aromatic nitrogens is 1. The molecule has 0 saturated carbocycles. The van der Waals surface area contributed by atoms with E-state index in [2.05, 4.69) is 0 Å². The van der Waals surface area contributed by atoms with Crippen molar-refractivity contribution in [2.75, 3.05) is 20.2 Å². The highest BCUT2D eigenvalue weighted by Gasteiger charge is 2.44. The fourth-order valence-corrected chi connectivity index (χ4v) is 6.68. The van der Waals surface area contributed by atoms with Gasteiger partial charge in [0.05, 0.1) is 40.9 Å². The molecule has 1 unspecified atom stereocenters. The Bertz CT molecular complexity index is 1500. The van der Waals surface area contributed by atoms with Crippen molar-refractivity contribution < 1.29 is 31.9 Å². The minimum absolute atomic E-state index is 0.0195. The Hall–Kier alpha value is -3.24. The van der Waals surface area contributed by atoms with Gasteiger partial charge in [0.1, 0.15) is 11.4 Å². The summed E-state index contributed by atoms with van der Waals surface area (Å²) >= 11 is 0. The largest absolute Gasteiger partial charge is 0.465 e. The van der Waals surface area contributed by atoms with Crippen LogP contribution in [0.3, 0.4) is 0 Å². The van der Waals surface area contributed by atoms with E-state index in [1.807, 2.05) is 18.7 Å². The van der Waals surface area contributed by atoms with Crippen LogP contribution in [0.4, 0.5) is 4.39 Å². The average molecular weight is 545 g/mol. The van der Waals surface area contributed by atoms with Crippen LogP contribution in [-0.2, 0) is 29.8 Å². The molecule has 0 aliphatic carbocycles. The lowest BCUT2D eigenvalue weighted by atomic mass is 9.94. The first kappa shape index (κ1) is 27.8. The minimum Gasteiger partial charge on any atom is -0.465 e. The van der Waals surface area contributed by atoms with E-state index < -0.39 is 38.9 Å². The molecule has 1 aliphatic heterocycles. The number of aryl methyl sites for hydroxylation is 1. The number of likely N-dealkylation sites (tertiary alicyclic amines) is 1. The maximum Gasteiger partial charge on any atom is 0.338 e. The number of nitrogens with zero attached hydrogens (tertiary/aromatic N) is 2. The van der Waals surface area contributed by atoms with Gasteiger partial charge in [-0.3, -0.25) is 9.69 Å². The second-order valence-corrected chi connectivity index (χ2v) is 12.7. The van der Waals surface area contributed by atoms with E-state index in [1.54, 1.807) is 39.0 Å². The highest BCUT2D eigenvalue weighted by molar-refractivity contribution is 7.90. The minimum atomic E-state index is -4.24. The highest BCUT2D eigenvalue weighted by atomic mass is 32.2. The van der Waals surface area contributed by atoms with Gasteiger partial charge in [0.15, 0.2) is 0 Å². The highest BCUT2D eigenvalue weighted by Crippen LogP contribution is 2.43. The zero-order valence-electron chi connectivity index (χ0n) is 22.5. The first-order chi connectivity index (χ1) is 17.7. The molecule has 3 aromatic rings. The van der Waals surface area contributed by atoms with Gasteiger partial charge in [-0.25, -0.2) is 21.6 Å². The van der Waals surface area contributed by atoms with Crippen molar-refractivity contribution in [1.29, 1.82) is 0 Å². The predicted molar refractivity (Wildman–Crippen MR) is 141 cm³/mol. The Morgan fingerprint density at radius 2 is 1.76 bits per heavy atom. The molecule has 0 N–H and O–H groups in total. The topological polar surface area (TPSA) is 94.9 Å². The number of hydrogen-bond donors (Lipinski definition) is 0. The van der Waals surface area contributed by atoms with Crippen molar-refractivity contribution in [1.82, 2.24) is 8.87 Å². The molecule has 0 spiro atoms. The maximum atomic E-state index is 14.8. The number of esters is 2. The zero-order chi connectivity index (χ0) is 28.0. The molecule has 204 valence electrons. The zero-order valence-corrected chi connectivity index (χ0v) is 23.3. The van der Waals surface area contributed by atoms with E-state index in [-0.39, 0.29) is 27.9 Å². The third-order valence-electron chi connectivity index (χ3n) is 6.89. The fraction of sp³-hybridized carbons (Fsp3) is 0.429. The van der Waals surface area contributed by atoms with Crippen molar-refractivity contribution in [2.45, 2.75) is 63.5 Å². The lowest BCUT2D eigenvalue weighted by Crippen LogP contribution is -2.45. The third kappa shape index (κ3) is 5.07. The number of rotatable bonds is 6. The number of carbonyl (C=O) groups is 2. The predicted octanol–water partition coefficient (Wildman–Crippen LogP) is 4.77. The van der Waals surface area contributed by atoms with E-state index >= 15 is 0 Å². The van der Waals surface area contributed by atoms with Gasteiger partial charge in [-0.05, 0) is 84.3 Å². The summed E-state index contributed by atoms with van der Waals surface area (Å²) in [5.74, 6) is -1.99. The fourth-order valence-electron chi connectivity index (χ4n) is 5.07. The summed E-state index contributed by atoms with van der Waals surface area (Å²) in [6.45, 7) is 9.51. The van der Waals surface area contributed by atoms with Crippen LogP contribution in [0.25, 0.3) is 10.9 Å². The summed E-state index contributed by atoms with van der Waals surface area (Å²) in [7, 11) is -3.06. The van der Waals surface area contributed by atoms with E-state index in [1.165, 1.54) is 19.2 Å². The molecule has 2 heterocycles. The lowest BCUT2D eigenvalue weighted by Gasteiger charge is -2.36. The van der Waals surface area contributed by atoms with E-state index in [0.717, 1.165) is 21.7 Å². The molecule has 0 bridgehead atoms. The second-order valence-electron chi connectivity index (χ2n) is 10.9. The smallest absolute Gasteiger partial charge is 0.338 e. The van der Waals surface area contributed by atoms with Gasteiger partial charge >= 0.3 is 11.9 Å². The molecule has 1 aliphatic rings. The van der Waals surface area contributed by atoms with Crippen molar-refractivity contribution in [2.24, 2.45) is 0 Å². The van der Waals surface area contributed by atoms with Gasteiger partial charge in [0.25, 0.3) is 10.0 Å². The molecule has 0 amide bonds. The Balaban J connectivity index is 1.98. The molecule has 1 aromatic heterocycles. The van der Waals surface area contributed by atoms with E-state index in [9.17, 15) is 22.4 Å². The van der Waals surface area contributed by atoms with E-state index in [0.29, 0.717) is 25.1 Å². The van der Waals surface area contributed by atoms with Gasteiger partial charge in [0, 0.05) is 5.39 Å². The average Bonchev–Trinajstić information content (AvgIpc) is 3.39. The molecule has 1 saturated heterocycles. The van der Waals surface area contributed by atoms with Crippen molar-refractivity contribution in [3.8, 4) is 0 Å². The Morgan fingerprint density at radius 3 is 2.37 bits per heavy atom. The number of ether oxygens (including phenoxy) is 2. The summed E-state index contributed by atoms with van der Waals surface area (Å²) in [5.41, 5.74) is -0.466. The van der Waals surface area contributed by atoms with Crippen LogP contribution in [-0.4, -0.2) is 55.0 Å². The van der Waals surface area contributed by atoms with Crippen LogP contribution in [0.2, 0.25) is 0 Å². The molecule has 1 atom stereocenters. The molecule has 10 heteroatoms. The van der Waals surface area contributed by atoms with Crippen LogP contribution in [0.5, 0.6) is 0 Å². The van der Waals surface area contributed by atoms with Gasteiger partial charge < -0.3 is 9.47 Å². The van der Waals surface area contributed by atoms with Crippen LogP contribution in [0, 0.1) is 12.7 Å². The Labute approximate surface area is 222 Å². The maximum absolute atomic E-state index is 14.8. The lowest BCUT2D eigenvalue weighted by molar-refractivity contribution is -0.157. The summed E-state index contributed by atoms with van der Waals surface area (Å²) in [4.78, 5) is 27.2. The second kappa shape index (κ2) is 9.81. The van der Waals surface area contributed by atoms with Gasteiger partial charge in [-0.15, -0.1) is 0 Å². The number of halogens is 1. The normalized spacial score (nSPS) is 18.6. The summed E-state index contributed by atoms with van der Waals surface area (Å²) in [5, 5.41) is 0.245. The Kier molecular flexibility index (Phi) is 7.18. The molecule has 4 rings (SSSR count). The Morgan fingerprint density at radius 1 is 1.11 bits per heavy atom. The third-order valence-corrected chi connectivity index (χ3v) is 8.63. The molecule has 2 aromatic carbocycles. The van der Waals surface area contributed by atoms with Crippen molar-refractivity contribution in [3.63, 3.8) is 0 Å². The molecular formula is C28H33FN2O6S. The number of hydrogen-bond acceptors (Lipinski definition) is 7. The standard InChI is InChI=1S/C28H33FN2O6S/c1-18-8-10-20(11-9-18)38(34,35)31-23-15-19(29)14-22(26(33)36-6)21(23)16-24(31)28(5)12-7-13-30(28)17-25(32)37-27(2,3)4/h8-11,14-16H,7,12-13,17H2,1-6H3. The molecule has 8 nitrogen and oxygen atoms in total. The molecular weight excluding hydrogens is 511 g/mol.